The molecule has 2 heteroatoms. The molecule has 0 radical (unpaired) electrons. The van der Waals surface area contributed by atoms with E-state index in [2.05, 4.69) is 47.4 Å². The van der Waals surface area contributed by atoms with E-state index in [-0.39, 0.29) is 0 Å². The van der Waals surface area contributed by atoms with Gasteiger partial charge < -0.3 is 10.6 Å². The van der Waals surface area contributed by atoms with Crippen LogP contribution in [-0.4, -0.2) is 6.04 Å². The van der Waals surface area contributed by atoms with Gasteiger partial charge in [0.05, 0.1) is 11.4 Å². The first-order chi connectivity index (χ1) is 9.86. The molecule has 3 rings (SSSR count). The van der Waals surface area contributed by atoms with Crippen molar-refractivity contribution in [3.8, 4) is 0 Å². The summed E-state index contributed by atoms with van der Waals surface area (Å²) >= 11 is 0. The molecule has 1 aliphatic carbocycles. The molecule has 2 aromatic rings. The summed E-state index contributed by atoms with van der Waals surface area (Å²) in [6.45, 7) is 0. The summed E-state index contributed by atoms with van der Waals surface area (Å²) in [6, 6.07) is 19.4. The van der Waals surface area contributed by atoms with E-state index in [1.54, 1.807) is 0 Å². The molecule has 2 nitrogen and oxygen atoms in total. The smallest absolute Gasteiger partial charge is 0.0647 e. The van der Waals surface area contributed by atoms with Crippen molar-refractivity contribution in [2.24, 2.45) is 0 Å². The van der Waals surface area contributed by atoms with E-state index in [0.29, 0.717) is 6.04 Å². The lowest BCUT2D eigenvalue weighted by Crippen LogP contribution is -2.33. The van der Waals surface area contributed by atoms with Gasteiger partial charge in [-0.3, -0.25) is 0 Å². The van der Waals surface area contributed by atoms with Gasteiger partial charge in [-0.25, -0.2) is 0 Å². The zero-order chi connectivity index (χ0) is 13.8. The second-order valence-corrected chi connectivity index (χ2v) is 5.56. The fraction of sp³-hybridized carbons (Fsp3) is 0.333. The molecule has 0 unspecified atom stereocenters. The first-order valence-corrected chi connectivity index (χ1v) is 7.55. The van der Waals surface area contributed by atoms with Crippen molar-refractivity contribution in [3.63, 3.8) is 0 Å². The third-order valence-corrected chi connectivity index (χ3v) is 4.17. The lowest BCUT2D eigenvalue weighted by atomic mass is 9.93. The van der Waals surface area contributed by atoms with Gasteiger partial charge in [-0.05, 0) is 37.1 Å². The van der Waals surface area contributed by atoms with Crippen LogP contribution in [-0.2, 0) is 0 Å². The Kier molecular flexibility index (Phi) is 3.91. The monoisotopic (exact) mass is 266 g/mol. The minimum Gasteiger partial charge on any atom is -0.397 e. The van der Waals surface area contributed by atoms with E-state index in [1.807, 2.05) is 12.1 Å². The number of nitrogen functional groups attached to an aromatic ring is 1. The number of nitrogens with two attached hydrogens (primary N) is 1. The molecule has 1 saturated carbocycles. The van der Waals surface area contributed by atoms with Crippen molar-refractivity contribution >= 4 is 17.1 Å². The Morgan fingerprint density at radius 3 is 2.15 bits per heavy atom. The van der Waals surface area contributed by atoms with E-state index in [1.165, 1.54) is 37.8 Å². The standard InChI is InChI=1S/C18H22N2/c19-17-13-7-8-14-18(17)20(15-9-3-1-4-10-15)16-11-5-2-6-12-16/h1,3-4,7-10,13-14,16H,2,5-6,11-12,19H2. The molecule has 0 saturated heterocycles. The average Bonchev–Trinajstić information content (AvgIpc) is 2.52. The van der Waals surface area contributed by atoms with Gasteiger partial charge in [-0.2, -0.15) is 0 Å². The Hall–Kier alpha value is -1.96. The fourth-order valence-electron chi connectivity index (χ4n) is 3.18. The Labute approximate surface area is 121 Å². The summed E-state index contributed by atoms with van der Waals surface area (Å²) < 4.78 is 0. The number of rotatable bonds is 3. The number of hydrogen-bond donors (Lipinski definition) is 1. The maximum atomic E-state index is 6.22. The zero-order valence-electron chi connectivity index (χ0n) is 11.8. The van der Waals surface area contributed by atoms with Crippen LogP contribution in [0, 0.1) is 0 Å². The summed E-state index contributed by atoms with van der Waals surface area (Å²) in [6.07, 6.45) is 6.51. The van der Waals surface area contributed by atoms with Gasteiger partial charge in [0, 0.05) is 11.7 Å². The molecule has 0 aliphatic heterocycles. The highest BCUT2D eigenvalue weighted by Crippen LogP contribution is 2.36. The highest BCUT2D eigenvalue weighted by atomic mass is 15.2. The molecular formula is C18H22N2. The third-order valence-electron chi connectivity index (χ3n) is 4.17. The van der Waals surface area contributed by atoms with Gasteiger partial charge in [0.25, 0.3) is 0 Å². The van der Waals surface area contributed by atoms with Gasteiger partial charge in [0.2, 0.25) is 0 Å². The molecule has 2 N–H and O–H groups in total. The quantitative estimate of drug-likeness (QED) is 0.813. The Morgan fingerprint density at radius 1 is 0.800 bits per heavy atom. The van der Waals surface area contributed by atoms with Crippen molar-refractivity contribution < 1.29 is 0 Å². The second-order valence-electron chi connectivity index (χ2n) is 5.56. The zero-order valence-corrected chi connectivity index (χ0v) is 11.8. The van der Waals surface area contributed by atoms with Crippen LogP contribution in [0.2, 0.25) is 0 Å². The molecule has 0 heterocycles. The van der Waals surface area contributed by atoms with E-state index < -0.39 is 0 Å². The second kappa shape index (κ2) is 6.00. The van der Waals surface area contributed by atoms with Crippen molar-refractivity contribution in [3.05, 3.63) is 54.6 Å². The summed E-state index contributed by atoms with van der Waals surface area (Å²) in [4.78, 5) is 2.44. The summed E-state index contributed by atoms with van der Waals surface area (Å²) in [5.41, 5.74) is 9.48. The predicted octanol–water partition coefficient (Wildman–Crippen LogP) is 4.74. The molecule has 0 spiro atoms. The van der Waals surface area contributed by atoms with Crippen molar-refractivity contribution in [1.82, 2.24) is 0 Å². The number of hydrogen-bond acceptors (Lipinski definition) is 2. The molecule has 0 aromatic heterocycles. The number of nitrogens with zero attached hydrogens (tertiary/aromatic N) is 1. The van der Waals surface area contributed by atoms with Crippen LogP contribution < -0.4 is 10.6 Å². The van der Waals surface area contributed by atoms with Crippen molar-refractivity contribution in [1.29, 1.82) is 0 Å². The molecule has 0 atom stereocenters. The first-order valence-electron chi connectivity index (χ1n) is 7.55. The number of anilines is 3. The van der Waals surface area contributed by atoms with Crippen LogP contribution in [0.25, 0.3) is 0 Å². The summed E-state index contributed by atoms with van der Waals surface area (Å²) in [5, 5.41) is 0. The van der Waals surface area contributed by atoms with E-state index in [4.69, 9.17) is 5.73 Å². The molecule has 104 valence electrons. The molecule has 20 heavy (non-hydrogen) atoms. The fourth-order valence-corrected chi connectivity index (χ4v) is 3.18. The predicted molar refractivity (Wildman–Crippen MR) is 86.3 cm³/mol. The van der Waals surface area contributed by atoms with Gasteiger partial charge >= 0.3 is 0 Å². The Balaban J connectivity index is 2.01. The van der Waals surface area contributed by atoms with Crippen molar-refractivity contribution in [2.45, 2.75) is 38.1 Å². The molecule has 0 amide bonds. The minimum absolute atomic E-state index is 0.566. The van der Waals surface area contributed by atoms with E-state index >= 15 is 0 Å². The summed E-state index contributed by atoms with van der Waals surface area (Å²) in [5.74, 6) is 0. The minimum atomic E-state index is 0.566. The normalized spacial score (nSPS) is 16.0. The maximum Gasteiger partial charge on any atom is 0.0647 e. The van der Waals surface area contributed by atoms with Crippen molar-refractivity contribution in [2.75, 3.05) is 10.6 Å². The largest absolute Gasteiger partial charge is 0.397 e. The van der Waals surface area contributed by atoms with Crippen LogP contribution in [0.1, 0.15) is 32.1 Å². The SMILES string of the molecule is Nc1ccccc1N(c1ccccc1)C1CCCCC1. The highest BCUT2D eigenvalue weighted by Gasteiger charge is 2.23. The van der Waals surface area contributed by atoms with Gasteiger partial charge in [0.15, 0.2) is 0 Å². The third kappa shape index (κ3) is 2.64. The van der Waals surface area contributed by atoms with Crippen LogP contribution >= 0.6 is 0 Å². The molecular weight excluding hydrogens is 244 g/mol. The first kappa shape index (κ1) is 13.0. The average molecular weight is 266 g/mol. The van der Waals surface area contributed by atoms with Gasteiger partial charge in [-0.1, -0.05) is 49.6 Å². The number of para-hydroxylation sites is 3. The van der Waals surface area contributed by atoms with Gasteiger partial charge in [0.1, 0.15) is 0 Å². The molecule has 2 aromatic carbocycles. The van der Waals surface area contributed by atoms with Crippen LogP contribution in [0.3, 0.4) is 0 Å². The van der Waals surface area contributed by atoms with Crippen LogP contribution in [0.5, 0.6) is 0 Å². The van der Waals surface area contributed by atoms with Crippen LogP contribution in [0.4, 0.5) is 17.1 Å². The number of benzene rings is 2. The Morgan fingerprint density at radius 2 is 1.45 bits per heavy atom. The van der Waals surface area contributed by atoms with Gasteiger partial charge in [-0.15, -0.1) is 0 Å². The summed E-state index contributed by atoms with van der Waals surface area (Å²) in [7, 11) is 0. The Bertz CT molecular complexity index is 544. The van der Waals surface area contributed by atoms with Crippen LogP contribution in [0.15, 0.2) is 54.6 Å². The highest BCUT2D eigenvalue weighted by molar-refractivity contribution is 5.75. The molecule has 1 aliphatic rings. The van der Waals surface area contributed by atoms with E-state index in [0.717, 1.165) is 11.4 Å². The topological polar surface area (TPSA) is 29.3 Å². The van der Waals surface area contributed by atoms with E-state index in [9.17, 15) is 0 Å². The molecule has 1 fully saturated rings. The lowest BCUT2D eigenvalue weighted by Gasteiger charge is -2.37. The maximum absolute atomic E-state index is 6.22. The molecule has 0 bridgehead atoms. The lowest BCUT2D eigenvalue weighted by molar-refractivity contribution is 0.436.